The van der Waals surface area contributed by atoms with Gasteiger partial charge in [-0.25, -0.2) is 9.18 Å². The standard InChI is InChI=1S/C46H52FN9O4/c1-30-27-56(39-13-12-35(25-37(30)39)55-22-16-42(58)49-45(55)60)34-14-20-52(21-15-34)29-46(47)17-23-53(24-18-46)44(59)32-10-8-31(9-11-32)33-5-4-19-54(28-33)40-26-38(50-51-43(40)48)36-6-2-3-7-41(36)57/h2-3,6-13,25-27,33-34,57H,4-5,14-24,28-29H2,1H3,(H2,48,51)(H,49,58,60)/t33-/m0/s1. The van der Waals surface area contributed by atoms with E-state index in [1.807, 2.05) is 54.6 Å². The van der Waals surface area contributed by atoms with Crippen LogP contribution >= 0.6 is 0 Å². The number of hydrogen-bond donors (Lipinski definition) is 3. The summed E-state index contributed by atoms with van der Waals surface area (Å²) in [6.45, 7) is 6.77. The van der Waals surface area contributed by atoms with Crippen LogP contribution < -0.4 is 20.9 Å². The van der Waals surface area contributed by atoms with Crippen LogP contribution in [0.4, 0.5) is 26.4 Å². The number of piperidine rings is 3. The molecule has 6 heterocycles. The maximum absolute atomic E-state index is 16.4. The second-order valence-electron chi connectivity index (χ2n) is 17.1. The van der Waals surface area contributed by atoms with Gasteiger partial charge < -0.3 is 30.1 Å². The number of carbonyl (C=O) groups excluding carboxylic acids is 3. The average Bonchev–Trinajstić information content (AvgIpc) is 3.59. The predicted molar refractivity (Wildman–Crippen MR) is 230 cm³/mol. The van der Waals surface area contributed by atoms with E-state index in [4.69, 9.17) is 5.73 Å². The Balaban J connectivity index is 0.768. The number of nitrogen functional groups attached to an aromatic ring is 1. The first-order valence-corrected chi connectivity index (χ1v) is 21.2. The van der Waals surface area contributed by atoms with Gasteiger partial charge in [0.2, 0.25) is 5.91 Å². The molecule has 9 rings (SSSR count). The maximum Gasteiger partial charge on any atom is 0.328 e. The highest BCUT2D eigenvalue weighted by Crippen LogP contribution is 2.37. The minimum atomic E-state index is -1.34. The molecule has 4 amide bonds. The van der Waals surface area contributed by atoms with Crippen LogP contribution in [0.15, 0.2) is 79.0 Å². The molecule has 1 atom stereocenters. The monoisotopic (exact) mass is 813 g/mol. The molecule has 60 heavy (non-hydrogen) atoms. The van der Waals surface area contributed by atoms with Crippen molar-refractivity contribution >= 4 is 45.9 Å². The third kappa shape index (κ3) is 7.87. The van der Waals surface area contributed by atoms with E-state index in [0.717, 1.165) is 85.3 Å². The molecular formula is C46H52FN9O4. The lowest BCUT2D eigenvalue weighted by molar-refractivity contribution is -0.120. The van der Waals surface area contributed by atoms with Crippen LogP contribution in [0.1, 0.15) is 78.4 Å². The molecule has 3 aromatic carbocycles. The topological polar surface area (TPSA) is 153 Å². The summed E-state index contributed by atoms with van der Waals surface area (Å²) < 4.78 is 18.7. The third-order valence-corrected chi connectivity index (χ3v) is 13.2. The molecule has 0 unspecified atom stereocenters. The smallest absolute Gasteiger partial charge is 0.328 e. The molecule has 13 nitrogen and oxygen atoms in total. The minimum Gasteiger partial charge on any atom is -0.507 e. The van der Waals surface area contributed by atoms with E-state index < -0.39 is 5.67 Å². The summed E-state index contributed by atoms with van der Waals surface area (Å²) >= 11 is 0. The molecule has 14 heteroatoms. The van der Waals surface area contributed by atoms with Gasteiger partial charge in [0.15, 0.2) is 5.82 Å². The zero-order chi connectivity index (χ0) is 41.5. The van der Waals surface area contributed by atoms with Crippen molar-refractivity contribution in [3.63, 3.8) is 0 Å². The van der Waals surface area contributed by atoms with Gasteiger partial charge in [-0.3, -0.25) is 19.8 Å². The van der Waals surface area contributed by atoms with Crippen LogP contribution in [0, 0.1) is 6.92 Å². The van der Waals surface area contributed by atoms with Crippen LogP contribution in [0.25, 0.3) is 22.2 Å². The van der Waals surface area contributed by atoms with Crippen LogP contribution in [0.2, 0.25) is 0 Å². The molecule has 0 saturated carbocycles. The molecular weight excluding hydrogens is 762 g/mol. The summed E-state index contributed by atoms with van der Waals surface area (Å²) in [5.74, 6) is 0.417. The number of rotatable bonds is 8. The fourth-order valence-electron chi connectivity index (χ4n) is 9.73. The van der Waals surface area contributed by atoms with Gasteiger partial charge in [0.25, 0.3) is 5.91 Å². The largest absolute Gasteiger partial charge is 0.507 e. The summed E-state index contributed by atoms with van der Waals surface area (Å²) in [5, 5.41) is 22.3. The molecule has 0 aliphatic carbocycles. The first kappa shape index (κ1) is 39.4. The molecule has 4 saturated heterocycles. The molecule has 0 radical (unpaired) electrons. The average molecular weight is 814 g/mol. The molecule has 5 aromatic rings. The lowest BCUT2D eigenvalue weighted by Crippen LogP contribution is -2.51. The van der Waals surface area contributed by atoms with Crippen molar-refractivity contribution in [2.24, 2.45) is 0 Å². The van der Waals surface area contributed by atoms with E-state index in [9.17, 15) is 19.5 Å². The van der Waals surface area contributed by atoms with Gasteiger partial charge in [-0.05, 0) is 92.3 Å². The summed E-state index contributed by atoms with van der Waals surface area (Å²) in [6.07, 6.45) is 6.90. The Morgan fingerprint density at radius 3 is 2.45 bits per heavy atom. The first-order valence-electron chi connectivity index (χ1n) is 21.2. The van der Waals surface area contributed by atoms with Crippen molar-refractivity contribution in [3.05, 3.63) is 95.7 Å². The lowest BCUT2D eigenvalue weighted by atomic mass is 9.89. The fraction of sp³-hybridized carbons (Fsp3) is 0.413. The predicted octanol–water partition coefficient (Wildman–Crippen LogP) is 6.81. The molecule has 4 N–H and O–H groups in total. The number of para-hydroxylation sites is 1. The summed E-state index contributed by atoms with van der Waals surface area (Å²) in [7, 11) is 0. The number of nitrogens with one attached hydrogen (secondary N) is 1. The van der Waals surface area contributed by atoms with Crippen molar-refractivity contribution in [2.45, 2.75) is 69.5 Å². The van der Waals surface area contributed by atoms with Crippen LogP contribution in [-0.2, 0) is 4.79 Å². The number of imide groups is 1. The zero-order valence-electron chi connectivity index (χ0n) is 34.0. The Hall–Kier alpha value is -6.02. The number of aromatic hydroxyl groups is 1. The number of aryl methyl sites for hydroxylation is 1. The first-order chi connectivity index (χ1) is 29.0. The van der Waals surface area contributed by atoms with Crippen molar-refractivity contribution in [2.75, 3.05) is 67.9 Å². The highest BCUT2D eigenvalue weighted by Gasteiger charge is 2.39. The van der Waals surface area contributed by atoms with Crippen LogP contribution in [0.3, 0.4) is 0 Å². The SMILES string of the molecule is Cc1cn(C2CCN(CC3(F)CCN(C(=O)c4ccc([C@H]5CCCN(c6cc(-c7ccccc7O)nnc6N)C5)cc4)CC3)CC2)c2ccc(N3CCC(=O)NC3=O)cc12. The number of halogens is 1. The molecule has 4 aliphatic rings. The Bertz CT molecular complexity index is 2420. The van der Waals surface area contributed by atoms with E-state index in [0.29, 0.717) is 67.7 Å². The highest BCUT2D eigenvalue weighted by atomic mass is 19.1. The van der Waals surface area contributed by atoms with Gasteiger partial charge in [-0.1, -0.05) is 24.3 Å². The summed E-state index contributed by atoms with van der Waals surface area (Å²) in [5.41, 5.74) is 11.7. The zero-order valence-corrected chi connectivity index (χ0v) is 34.0. The van der Waals surface area contributed by atoms with Crippen molar-refractivity contribution in [1.29, 1.82) is 0 Å². The molecule has 0 bridgehead atoms. The number of phenols is 1. The van der Waals surface area contributed by atoms with E-state index in [-0.39, 0.29) is 35.9 Å². The number of nitrogens with zero attached hydrogens (tertiary/aromatic N) is 7. The van der Waals surface area contributed by atoms with E-state index >= 15 is 4.39 Å². The minimum absolute atomic E-state index is 0.0577. The van der Waals surface area contributed by atoms with Crippen molar-refractivity contribution in [3.8, 4) is 17.0 Å². The van der Waals surface area contributed by atoms with Crippen LogP contribution in [-0.4, -0.2) is 106 Å². The second-order valence-corrected chi connectivity index (χ2v) is 17.1. The number of phenolic OH excluding ortho intramolecular Hbond substituents is 1. The number of alkyl halides is 1. The van der Waals surface area contributed by atoms with E-state index in [1.54, 1.807) is 21.9 Å². The third-order valence-electron chi connectivity index (χ3n) is 13.2. The van der Waals surface area contributed by atoms with Crippen molar-refractivity contribution < 1.29 is 23.9 Å². The quantitative estimate of drug-likeness (QED) is 0.154. The van der Waals surface area contributed by atoms with Gasteiger partial charge in [-0.15, -0.1) is 10.2 Å². The number of anilines is 3. The van der Waals surface area contributed by atoms with E-state index in [1.165, 1.54) is 0 Å². The number of likely N-dealkylation sites (tertiary alicyclic amines) is 2. The van der Waals surface area contributed by atoms with Gasteiger partial charge in [-0.2, -0.15) is 0 Å². The molecule has 4 aliphatic heterocycles. The number of benzene rings is 3. The highest BCUT2D eigenvalue weighted by molar-refractivity contribution is 6.06. The van der Waals surface area contributed by atoms with Gasteiger partial charge in [0.1, 0.15) is 11.4 Å². The number of amides is 4. The van der Waals surface area contributed by atoms with E-state index in [2.05, 4.69) is 49.1 Å². The normalized spacial score (nSPS) is 20.4. The molecule has 4 fully saturated rings. The number of fused-ring (bicyclic) bond motifs is 1. The Labute approximate surface area is 348 Å². The second kappa shape index (κ2) is 16.2. The van der Waals surface area contributed by atoms with Gasteiger partial charge in [0, 0.05) is 117 Å². The Morgan fingerprint density at radius 1 is 0.933 bits per heavy atom. The molecule has 2 aromatic heterocycles. The number of aromatic nitrogens is 3. The van der Waals surface area contributed by atoms with Crippen LogP contribution in [0.5, 0.6) is 5.75 Å². The maximum atomic E-state index is 16.4. The number of hydrogen-bond acceptors (Lipinski definition) is 9. The lowest BCUT2D eigenvalue weighted by Gasteiger charge is -2.41. The number of urea groups is 1. The number of carbonyl (C=O) groups is 3. The molecule has 0 spiro atoms. The Morgan fingerprint density at radius 2 is 1.70 bits per heavy atom. The number of nitrogens with two attached hydrogens (primary N) is 1. The Kier molecular flexibility index (Phi) is 10.7. The van der Waals surface area contributed by atoms with Gasteiger partial charge in [0.05, 0.1) is 11.4 Å². The summed E-state index contributed by atoms with van der Waals surface area (Å²) in [4.78, 5) is 45.6. The molecule has 312 valence electrons. The fourth-order valence-corrected chi connectivity index (χ4v) is 9.73. The van der Waals surface area contributed by atoms with Gasteiger partial charge >= 0.3 is 6.03 Å². The van der Waals surface area contributed by atoms with Crippen molar-refractivity contribution in [1.82, 2.24) is 29.9 Å². The summed E-state index contributed by atoms with van der Waals surface area (Å²) in [6, 6.07) is 22.8.